The standard InChI is InChI=1S/C17H17N3O2S/c1-12-4-3-5-16(10-12)23(21,22)20-15-8-6-14(7-9-15)17-11-13(2)18-19-17/h3-11,20H,1-2H3,(H,18,19). The van der Waals surface area contributed by atoms with Crippen LogP contribution in [0.2, 0.25) is 0 Å². The number of anilines is 1. The summed E-state index contributed by atoms with van der Waals surface area (Å²) >= 11 is 0. The molecule has 1 aromatic heterocycles. The Balaban J connectivity index is 1.83. The number of H-pyrrole nitrogens is 1. The highest BCUT2D eigenvalue weighted by Crippen LogP contribution is 2.22. The van der Waals surface area contributed by atoms with Gasteiger partial charge in [-0.25, -0.2) is 8.42 Å². The van der Waals surface area contributed by atoms with E-state index in [1.54, 1.807) is 30.3 Å². The van der Waals surface area contributed by atoms with Gasteiger partial charge in [0.05, 0.1) is 10.6 Å². The minimum absolute atomic E-state index is 0.254. The van der Waals surface area contributed by atoms with Gasteiger partial charge in [0.25, 0.3) is 10.0 Å². The third-order valence-corrected chi connectivity index (χ3v) is 4.82. The van der Waals surface area contributed by atoms with Crippen LogP contribution in [-0.4, -0.2) is 18.6 Å². The predicted molar refractivity (Wildman–Crippen MR) is 90.7 cm³/mol. The highest BCUT2D eigenvalue weighted by molar-refractivity contribution is 7.92. The molecule has 0 bridgehead atoms. The average molecular weight is 327 g/mol. The van der Waals surface area contributed by atoms with Gasteiger partial charge in [-0.3, -0.25) is 9.82 Å². The molecule has 118 valence electrons. The Morgan fingerprint density at radius 1 is 1.00 bits per heavy atom. The molecule has 2 aromatic carbocycles. The van der Waals surface area contributed by atoms with Crippen LogP contribution in [0.15, 0.2) is 59.5 Å². The summed E-state index contributed by atoms with van der Waals surface area (Å²) in [5.74, 6) is 0. The van der Waals surface area contributed by atoms with Gasteiger partial charge in [0.2, 0.25) is 0 Å². The van der Waals surface area contributed by atoms with Gasteiger partial charge in [-0.15, -0.1) is 0 Å². The lowest BCUT2D eigenvalue weighted by Gasteiger charge is -2.09. The first kappa shape index (κ1) is 15.3. The molecule has 0 unspecified atom stereocenters. The van der Waals surface area contributed by atoms with Crippen molar-refractivity contribution >= 4 is 15.7 Å². The van der Waals surface area contributed by atoms with Crippen LogP contribution in [0.3, 0.4) is 0 Å². The van der Waals surface area contributed by atoms with E-state index in [9.17, 15) is 8.42 Å². The maximum atomic E-state index is 12.4. The number of nitrogens with zero attached hydrogens (tertiary/aromatic N) is 1. The van der Waals surface area contributed by atoms with Crippen LogP contribution in [0.4, 0.5) is 5.69 Å². The summed E-state index contributed by atoms with van der Waals surface area (Å²) in [5.41, 5.74) is 4.15. The third kappa shape index (κ3) is 3.43. The lowest BCUT2D eigenvalue weighted by molar-refractivity contribution is 0.601. The smallest absolute Gasteiger partial charge is 0.261 e. The van der Waals surface area contributed by atoms with E-state index in [4.69, 9.17) is 0 Å². The Kier molecular flexibility index (Phi) is 3.92. The van der Waals surface area contributed by atoms with E-state index in [1.807, 2.05) is 38.1 Å². The van der Waals surface area contributed by atoms with Crippen LogP contribution in [0.1, 0.15) is 11.3 Å². The summed E-state index contributed by atoms with van der Waals surface area (Å²) in [4.78, 5) is 0.254. The van der Waals surface area contributed by atoms with Gasteiger partial charge < -0.3 is 0 Å². The van der Waals surface area contributed by atoms with Crippen LogP contribution in [0.25, 0.3) is 11.3 Å². The first-order chi connectivity index (χ1) is 10.9. The number of sulfonamides is 1. The van der Waals surface area contributed by atoms with Gasteiger partial charge in [-0.1, -0.05) is 24.3 Å². The van der Waals surface area contributed by atoms with Crippen molar-refractivity contribution in [2.45, 2.75) is 18.7 Å². The summed E-state index contributed by atoms with van der Waals surface area (Å²) in [7, 11) is -3.58. The molecule has 0 fully saturated rings. The van der Waals surface area contributed by atoms with E-state index in [-0.39, 0.29) is 4.90 Å². The van der Waals surface area contributed by atoms with E-state index < -0.39 is 10.0 Å². The number of benzene rings is 2. The molecule has 0 aliphatic carbocycles. The molecule has 3 aromatic rings. The minimum Gasteiger partial charge on any atom is -0.282 e. The van der Waals surface area contributed by atoms with Gasteiger partial charge in [0.1, 0.15) is 0 Å². The molecule has 0 atom stereocenters. The van der Waals surface area contributed by atoms with Crippen molar-refractivity contribution in [3.05, 3.63) is 65.9 Å². The van der Waals surface area contributed by atoms with Gasteiger partial charge in [-0.05, 0) is 49.7 Å². The van der Waals surface area contributed by atoms with E-state index in [2.05, 4.69) is 14.9 Å². The van der Waals surface area contributed by atoms with E-state index in [1.165, 1.54) is 0 Å². The van der Waals surface area contributed by atoms with Crippen LogP contribution in [0.5, 0.6) is 0 Å². The van der Waals surface area contributed by atoms with E-state index >= 15 is 0 Å². The number of rotatable bonds is 4. The SMILES string of the molecule is Cc1cccc(S(=O)(=O)Nc2ccc(-c3cc(C)[nH]n3)cc2)c1. The number of aromatic nitrogens is 2. The van der Waals surface area contributed by atoms with Crippen LogP contribution in [-0.2, 0) is 10.0 Å². The highest BCUT2D eigenvalue weighted by atomic mass is 32.2. The topological polar surface area (TPSA) is 74.8 Å². The number of hydrogen-bond donors (Lipinski definition) is 2. The first-order valence-electron chi connectivity index (χ1n) is 7.16. The fourth-order valence-electron chi connectivity index (χ4n) is 2.27. The Morgan fingerprint density at radius 2 is 1.74 bits per heavy atom. The van der Waals surface area contributed by atoms with Gasteiger partial charge in [0, 0.05) is 16.9 Å². The van der Waals surface area contributed by atoms with Crippen molar-refractivity contribution in [1.29, 1.82) is 0 Å². The Labute approximate surface area is 135 Å². The maximum Gasteiger partial charge on any atom is 0.261 e. The zero-order valence-electron chi connectivity index (χ0n) is 12.9. The average Bonchev–Trinajstić information content (AvgIpc) is 2.94. The normalized spacial score (nSPS) is 11.4. The summed E-state index contributed by atoms with van der Waals surface area (Å²) < 4.78 is 27.4. The molecule has 0 saturated heterocycles. The number of aryl methyl sites for hydroxylation is 2. The molecule has 0 saturated carbocycles. The molecule has 0 aliphatic heterocycles. The summed E-state index contributed by atoms with van der Waals surface area (Å²) in [6.45, 7) is 3.79. The Morgan fingerprint density at radius 3 is 2.35 bits per heavy atom. The first-order valence-corrected chi connectivity index (χ1v) is 8.64. The van der Waals surface area contributed by atoms with Crippen molar-refractivity contribution in [3.8, 4) is 11.3 Å². The zero-order chi connectivity index (χ0) is 16.4. The monoisotopic (exact) mass is 327 g/mol. The molecular formula is C17H17N3O2S. The van der Waals surface area contributed by atoms with Gasteiger partial charge in [0.15, 0.2) is 0 Å². The van der Waals surface area contributed by atoms with Crippen molar-refractivity contribution in [2.24, 2.45) is 0 Å². The van der Waals surface area contributed by atoms with Gasteiger partial charge in [-0.2, -0.15) is 5.10 Å². The quantitative estimate of drug-likeness (QED) is 0.770. The highest BCUT2D eigenvalue weighted by Gasteiger charge is 2.14. The molecule has 6 heteroatoms. The number of aromatic amines is 1. The van der Waals surface area contributed by atoms with Crippen molar-refractivity contribution in [2.75, 3.05) is 4.72 Å². The second kappa shape index (κ2) is 5.89. The molecule has 2 N–H and O–H groups in total. The summed E-state index contributed by atoms with van der Waals surface area (Å²) in [5, 5.41) is 7.07. The second-order valence-electron chi connectivity index (χ2n) is 5.44. The third-order valence-electron chi connectivity index (χ3n) is 3.44. The van der Waals surface area contributed by atoms with E-state index in [0.29, 0.717) is 5.69 Å². The predicted octanol–water partition coefficient (Wildman–Crippen LogP) is 3.49. The molecular weight excluding hydrogens is 310 g/mol. The molecule has 0 radical (unpaired) electrons. The van der Waals surface area contributed by atoms with Crippen LogP contribution >= 0.6 is 0 Å². The molecule has 0 amide bonds. The summed E-state index contributed by atoms with van der Waals surface area (Å²) in [6, 6.07) is 15.9. The van der Waals surface area contributed by atoms with Crippen molar-refractivity contribution < 1.29 is 8.42 Å². The van der Waals surface area contributed by atoms with Crippen molar-refractivity contribution in [3.63, 3.8) is 0 Å². The van der Waals surface area contributed by atoms with Gasteiger partial charge >= 0.3 is 0 Å². The fraction of sp³-hybridized carbons (Fsp3) is 0.118. The molecule has 3 rings (SSSR count). The minimum atomic E-state index is -3.58. The molecule has 1 heterocycles. The maximum absolute atomic E-state index is 12.4. The van der Waals surface area contributed by atoms with Crippen molar-refractivity contribution in [1.82, 2.24) is 10.2 Å². The lowest BCUT2D eigenvalue weighted by atomic mass is 10.1. The molecule has 0 aliphatic rings. The van der Waals surface area contributed by atoms with Crippen LogP contribution < -0.4 is 4.72 Å². The largest absolute Gasteiger partial charge is 0.282 e. The number of nitrogens with one attached hydrogen (secondary N) is 2. The second-order valence-corrected chi connectivity index (χ2v) is 7.12. The number of hydrogen-bond acceptors (Lipinski definition) is 3. The lowest BCUT2D eigenvalue weighted by Crippen LogP contribution is -2.12. The van der Waals surface area contributed by atoms with E-state index in [0.717, 1.165) is 22.5 Å². The fourth-order valence-corrected chi connectivity index (χ4v) is 3.43. The van der Waals surface area contributed by atoms with Crippen LogP contribution in [0, 0.1) is 13.8 Å². The molecule has 0 spiro atoms. The summed E-state index contributed by atoms with van der Waals surface area (Å²) in [6.07, 6.45) is 0. The molecule has 23 heavy (non-hydrogen) atoms. The zero-order valence-corrected chi connectivity index (χ0v) is 13.7. The molecule has 5 nitrogen and oxygen atoms in total. The Hall–Kier alpha value is -2.60. The Bertz CT molecular complexity index is 928.